The number of nitrogens with zero attached hydrogens (tertiary/aromatic N) is 2. The predicted molar refractivity (Wildman–Crippen MR) is 81.6 cm³/mol. The summed E-state index contributed by atoms with van der Waals surface area (Å²) in [5.41, 5.74) is 9.40. The highest BCUT2D eigenvalue weighted by atomic mass is 15.3. The molecule has 110 valence electrons. The molecule has 0 amide bonds. The van der Waals surface area contributed by atoms with Crippen LogP contribution < -0.4 is 5.73 Å². The van der Waals surface area contributed by atoms with Crippen LogP contribution >= 0.6 is 0 Å². The minimum absolute atomic E-state index is 0.365. The van der Waals surface area contributed by atoms with E-state index in [1.165, 1.54) is 49.8 Å². The minimum atomic E-state index is 0.365. The fourth-order valence-electron chi connectivity index (χ4n) is 5.91. The van der Waals surface area contributed by atoms with Gasteiger partial charge in [-0.1, -0.05) is 13.8 Å². The van der Waals surface area contributed by atoms with E-state index in [2.05, 4.69) is 13.8 Å². The normalized spacial score (nSPS) is 38.9. The molecule has 0 aliphatic heterocycles. The van der Waals surface area contributed by atoms with E-state index in [1.54, 1.807) is 0 Å². The quantitative estimate of drug-likeness (QED) is 0.895. The van der Waals surface area contributed by atoms with Gasteiger partial charge in [0.1, 0.15) is 5.82 Å². The molecule has 3 heteroatoms. The molecule has 20 heavy (non-hydrogen) atoms. The van der Waals surface area contributed by atoms with Crippen LogP contribution in [-0.4, -0.2) is 9.78 Å². The van der Waals surface area contributed by atoms with Gasteiger partial charge in [0.2, 0.25) is 0 Å². The van der Waals surface area contributed by atoms with E-state index >= 15 is 0 Å². The van der Waals surface area contributed by atoms with E-state index in [4.69, 9.17) is 10.8 Å². The summed E-state index contributed by atoms with van der Waals surface area (Å²) in [5, 5.41) is 4.91. The maximum Gasteiger partial charge on any atom is 0.125 e. The summed E-state index contributed by atoms with van der Waals surface area (Å²) in [5.74, 6) is 4.26. The van der Waals surface area contributed by atoms with Gasteiger partial charge in [0.15, 0.2) is 0 Å². The van der Waals surface area contributed by atoms with Crippen molar-refractivity contribution in [3.8, 4) is 0 Å². The second-order valence-corrected chi connectivity index (χ2v) is 8.12. The topological polar surface area (TPSA) is 43.8 Å². The Labute approximate surface area is 121 Å². The lowest BCUT2D eigenvalue weighted by Crippen LogP contribution is -2.49. The van der Waals surface area contributed by atoms with E-state index in [-0.39, 0.29) is 0 Å². The molecule has 0 unspecified atom stereocenters. The smallest absolute Gasteiger partial charge is 0.125 e. The molecule has 0 saturated heterocycles. The SMILES string of the molecule is CC(C)c1c(C23CC4CC(CC(C4)C2)C3)nn(C)c1N. The molecule has 2 N–H and O–H groups in total. The Kier molecular flexibility index (Phi) is 2.56. The van der Waals surface area contributed by atoms with E-state index < -0.39 is 0 Å². The summed E-state index contributed by atoms with van der Waals surface area (Å²) in [7, 11) is 2.01. The van der Waals surface area contributed by atoms with Crippen LogP contribution in [0, 0.1) is 17.8 Å². The van der Waals surface area contributed by atoms with Crippen molar-refractivity contribution in [2.45, 2.75) is 63.7 Å². The zero-order valence-corrected chi connectivity index (χ0v) is 13.0. The molecule has 4 bridgehead atoms. The second-order valence-electron chi connectivity index (χ2n) is 8.12. The molecule has 4 aliphatic rings. The first kappa shape index (κ1) is 12.7. The molecular weight excluding hydrogens is 246 g/mol. The lowest BCUT2D eigenvalue weighted by Gasteiger charge is -2.56. The number of nitrogen functional groups attached to an aromatic ring is 1. The van der Waals surface area contributed by atoms with Crippen LogP contribution in [0.15, 0.2) is 0 Å². The largest absolute Gasteiger partial charge is 0.384 e. The van der Waals surface area contributed by atoms with Crippen LogP contribution in [0.1, 0.15) is 69.5 Å². The summed E-state index contributed by atoms with van der Waals surface area (Å²) in [6, 6.07) is 0. The number of hydrogen-bond donors (Lipinski definition) is 1. The number of hydrogen-bond acceptors (Lipinski definition) is 2. The molecule has 5 rings (SSSR count). The van der Waals surface area contributed by atoms with Gasteiger partial charge in [-0.25, -0.2) is 0 Å². The molecule has 1 heterocycles. The van der Waals surface area contributed by atoms with Gasteiger partial charge >= 0.3 is 0 Å². The Balaban J connectivity index is 1.83. The van der Waals surface area contributed by atoms with Crippen LogP contribution in [-0.2, 0) is 12.5 Å². The van der Waals surface area contributed by atoms with Crippen LogP contribution in [0.2, 0.25) is 0 Å². The summed E-state index contributed by atoms with van der Waals surface area (Å²) >= 11 is 0. The molecule has 1 aromatic rings. The van der Waals surface area contributed by atoms with Crippen molar-refractivity contribution in [1.29, 1.82) is 0 Å². The monoisotopic (exact) mass is 273 g/mol. The molecule has 4 saturated carbocycles. The van der Waals surface area contributed by atoms with Crippen molar-refractivity contribution in [1.82, 2.24) is 9.78 Å². The summed E-state index contributed by atoms with van der Waals surface area (Å²) in [4.78, 5) is 0. The van der Waals surface area contributed by atoms with Gasteiger partial charge in [-0.3, -0.25) is 4.68 Å². The van der Waals surface area contributed by atoms with Gasteiger partial charge in [0, 0.05) is 18.0 Å². The molecule has 0 aromatic carbocycles. The third-order valence-electron chi connectivity index (χ3n) is 6.25. The van der Waals surface area contributed by atoms with Gasteiger partial charge in [0.05, 0.1) is 5.69 Å². The Hall–Kier alpha value is -0.990. The van der Waals surface area contributed by atoms with Crippen LogP contribution in [0.5, 0.6) is 0 Å². The van der Waals surface area contributed by atoms with Gasteiger partial charge in [0.25, 0.3) is 0 Å². The first-order valence-corrected chi connectivity index (χ1v) is 8.31. The van der Waals surface area contributed by atoms with Crippen molar-refractivity contribution in [2.24, 2.45) is 24.8 Å². The number of aromatic nitrogens is 2. The first-order chi connectivity index (χ1) is 9.48. The zero-order valence-electron chi connectivity index (χ0n) is 13.0. The number of aryl methyl sites for hydroxylation is 1. The molecule has 0 atom stereocenters. The number of anilines is 1. The molecule has 0 spiro atoms. The summed E-state index contributed by atoms with van der Waals surface area (Å²) < 4.78 is 1.92. The zero-order chi connectivity index (χ0) is 14.1. The van der Waals surface area contributed by atoms with E-state index in [1.807, 2.05) is 11.7 Å². The fraction of sp³-hybridized carbons (Fsp3) is 0.824. The van der Waals surface area contributed by atoms with E-state index in [9.17, 15) is 0 Å². The molecule has 1 aromatic heterocycles. The van der Waals surface area contributed by atoms with Crippen LogP contribution in [0.25, 0.3) is 0 Å². The van der Waals surface area contributed by atoms with Crippen molar-refractivity contribution < 1.29 is 0 Å². The Morgan fingerprint density at radius 2 is 1.60 bits per heavy atom. The van der Waals surface area contributed by atoms with Crippen molar-refractivity contribution in [3.05, 3.63) is 11.3 Å². The minimum Gasteiger partial charge on any atom is -0.384 e. The van der Waals surface area contributed by atoms with Crippen LogP contribution in [0.3, 0.4) is 0 Å². The van der Waals surface area contributed by atoms with E-state index in [0.717, 1.165) is 23.6 Å². The highest BCUT2D eigenvalue weighted by Crippen LogP contribution is 2.61. The first-order valence-electron chi connectivity index (χ1n) is 8.31. The summed E-state index contributed by atoms with van der Waals surface area (Å²) in [6.45, 7) is 4.52. The molecule has 4 aliphatic carbocycles. The average Bonchev–Trinajstić information content (AvgIpc) is 2.65. The van der Waals surface area contributed by atoms with E-state index in [0.29, 0.717) is 11.3 Å². The standard InChI is InChI=1S/C17H27N3/c1-10(2)14-15(19-20(3)16(14)18)17-7-11-4-12(8-17)6-13(5-11)9-17/h10-13H,4-9,18H2,1-3H3. The highest BCUT2D eigenvalue weighted by molar-refractivity contribution is 5.49. The maximum absolute atomic E-state index is 6.32. The molecule has 0 radical (unpaired) electrons. The highest BCUT2D eigenvalue weighted by Gasteiger charge is 2.53. The van der Waals surface area contributed by atoms with Crippen LogP contribution in [0.4, 0.5) is 5.82 Å². The van der Waals surface area contributed by atoms with Crippen molar-refractivity contribution >= 4 is 5.82 Å². The third-order valence-corrected chi connectivity index (χ3v) is 6.25. The Bertz CT molecular complexity index is 505. The lowest BCUT2D eigenvalue weighted by molar-refractivity contribution is -0.00790. The average molecular weight is 273 g/mol. The number of rotatable bonds is 2. The lowest BCUT2D eigenvalue weighted by atomic mass is 9.48. The summed E-state index contributed by atoms with van der Waals surface area (Å²) in [6.07, 6.45) is 8.56. The second kappa shape index (κ2) is 4.02. The molecule has 3 nitrogen and oxygen atoms in total. The van der Waals surface area contributed by atoms with Gasteiger partial charge < -0.3 is 5.73 Å². The van der Waals surface area contributed by atoms with Crippen molar-refractivity contribution in [2.75, 3.05) is 5.73 Å². The maximum atomic E-state index is 6.32. The molecular formula is C17H27N3. The number of nitrogens with two attached hydrogens (primary N) is 1. The van der Waals surface area contributed by atoms with Gasteiger partial charge in [-0.15, -0.1) is 0 Å². The Morgan fingerprint density at radius 1 is 1.10 bits per heavy atom. The van der Waals surface area contributed by atoms with Gasteiger partial charge in [-0.05, 0) is 62.2 Å². The van der Waals surface area contributed by atoms with Gasteiger partial charge in [-0.2, -0.15) is 5.10 Å². The fourth-order valence-corrected chi connectivity index (χ4v) is 5.91. The predicted octanol–water partition coefficient (Wildman–Crippen LogP) is 3.59. The molecule has 4 fully saturated rings. The third kappa shape index (κ3) is 1.61. The Morgan fingerprint density at radius 3 is 2.05 bits per heavy atom. The van der Waals surface area contributed by atoms with Crippen molar-refractivity contribution in [3.63, 3.8) is 0 Å².